The Bertz CT molecular complexity index is 1430. The number of halogens is 3. The van der Waals surface area contributed by atoms with Gasteiger partial charge in [0.25, 0.3) is 0 Å². The van der Waals surface area contributed by atoms with Crippen molar-refractivity contribution in [1.29, 1.82) is 0 Å². The third kappa shape index (κ3) is 5.12. The molecule has 0 amide bonds. The highest BCUT2D eigenvalue weighted by Crippen LogP contribution is 2.49. The van der Waals surface area contributed by atoms with E-state index in [1.807, 2.05) is 6.07 Å². The van der Waals surface area contributed by atoms with E-state index in [1.54, 1.807) is 45.0 Å². The number of rotatable bonds is 7. The van der Waals surface area contributed by atoms with E-state index in [0.717, 1.165) is 37.0 Å². The Morgan fingerprint density at radius 3 is 2.50 bits per heavy atom. The van der Waals surface area contributed by atoms with Crippen LogP contribution in [0, 0.1) is 11.7 Å². The average Bonchev–Trinajstić information content (AvgIpc) is 3.39. The van der Waals surface area contributed by atoms with Gasteiger partial charge in [0.05, 0.1) is 34.0 Å². The minimum atomic E-state index is -0.643. The monoisotopic (exact) mass is 586 g/mol. The molecule has 0 spiro atoms. The van der Waals surface area contributed by atoms with Gasteiger partial charge in [-0.15, -0.1) is 0 Å². The van der Waals surface area contributed by atoms with Crippen LogP contribution in [-0.4, -0.2) is 34.9 Å². The van der Waals surface area contributed by atoms with Gasteiger partial charge in [-0.3, -0.25) is 0 Å². The lowest BCUT2D eigenvalue weighted by Crippen LogP contribution is -2.45. The molecule has 0 radical (unpaired) electrons. The molecular formula is C31H33Cl2FN2O4. The summed E-state index contributed by atoms with van der Waals surface area (Å²) in [6, 6.07) is 10.2. The number of anilines is 1. The number of fused-ring (bicyclic) bond motifs is 2. The third-order valence-electron chi connectivity index (χ3n) is 8.25. The molecule has 6 rings (SSSR count). The van der Waals surface area contributed by atoms with Crippen LogP contribution < -0.4 is 4.90 Å². The molecule has 1 aliphatic heterocycles. The van der Waals surface area contributed by atoms with Crippen LogP contribution in [0.5, 0.6) is 0 Å². The first-order valence-corrected chi connectivity index (χ1v) is 14.6. The van der Waals surface area contributed by atoms with Crippen LogP contribution in [0.2, 0.25) is 10.0 Å². The van der Waals surface area contributed by atoms with Gasteiger partial charge < -0.3 is 18.9 Å². The van der Waals surface area contributed by atoms with Crippen molar-refractivity contribution in [2.75, 3.05) is 4.90 Å². The Labute approximate surface area is 243 Å². The van der Waals surface area contributed by atoms with Crippen LogP contribution in [0.3, 0.4) is 0 Å². The molecule has 4 atom stereocenters. The maximum absolute atomic E-state index is 15.3. The Balaban J connectivity index is 1.17. The predicted octanol–water partition coefficient (Wildman–Crippen LogP) is 8.19. The Morgan fingerprint density at radius 1 is 1.15 bits per heavy atom. The van der Waals surface area contributed by atoms with Crippen molar-refractivity contribution < 1.29 is 23.2 Å². The van der Waals surface area contributed by atoms with Crippen LogP contribution in [-0.2, 0) is 16.1 Å². The molecule has 3 fully saturated rings. The Morgan fingerprint density at radius 2 is 1.88 bits per heavy atom. The summed E-state index contributed by atoms with van der Waals surface area (Å²) in [5.41, 5.74) is 2.30. The fourth-order valence-electron chi connectivity index (χ4n) is 6.31. The van der Waals surface area contributed by atoms with Crippen LogP contribution in [0.25, 0.3) is 11.3 Å². The summed E-state index contributed by atoms with van der Waals surface area (Å²) in [4.78, 5) is 14.6. The number of ether oxygens (including phenoxy) is 2. The smallest absolute Gasteiger partial charge is 0.338 e. The highest BCUT2D eigenvalue weighted by molar-refractivity contribution is 6.39. The number of piperidine rings is 1. The van der Waals surface area contributed by atoms with E-state index >= 15 is 4.39 Å². The van der Waals surface area contributed by atoms with Gasteiger partial charge in [0, 0.05) is 35.0 Å². The second-order valence-corrected chi connectivity index (χ2v) is 13.0. The van der Waals surface area contributed by atoms with E-state index in [9.17, 15) is 4.79 Å². The van der Waals surface area contributed by atoms with Crippen molar-refractivity contribution >= 4 is 34.9 Å². The van der Waals surface area contributed by atoms with Gasteiger partial charge in [0.15, 0.2) is 0 Å². The first kappa shape index (κ1) is 27.6. The van der Waals surface area contributed by atoms with Gasteiger partial charge in [0.1, 0.15) is 22.9 Å². The predicted molar refractivity (Wildman–Crippen MR) is 153 cm³/mol. The van der Waals surface area contributed by atoms with Gasteiger partial charge in [-0.25, -0.2) is 9.18 Å². The number of nitrogens with zero attached hydrogens (tertiary/aromatic N) is 2. The zero-order valence-electron chi connectivity index (χ0n) is 23.0. The number of aromatic nitrogens is 1. The highest BCUT2D eigenvalue weighted by Gasteiger charge is 2.51. The number of carbonyl (C=O) groups is 1. The summed E-state index contributed by atoms with van der Waals surface area (Å²) in [6.07, 6.45) is 3.86. The fourth-order valence-corrected chi connectivity index (χ4v) is 6.88. The van der Waals surface area contributed by atoms with Crippen molar-refractivity contribution in [2.24, 2.45) is 5.92 Å². The third-order valence-corrected chi connectivity index (χ3v) is 8.88. The van der Waals surface area contributed by atoms with E-state index in [-0.39, 0.29) is 29.7 Å². The highest BCUT2D eigenvalue weighted by atomic mass is 35.5. The molecule has 2 heterocycles. The molecule has 9 heteroatoms. The largest absolute Gasteiger partial charge is 0.456 e. The van der Waals surface area contributed by atoms with Crippen molar-refractivity contribution in [3.05, 3.63) is 69.1 Å². The van der Waals surface area contributed by atoms with Gasteiger partial charge in [-0.2, -0.15) is 0 Å². The lowest BCUT2D eigenvalue weighted by atomic mass is 9.96. The van der Waals surface area contributed by atoms with Crippen LogP contribution in [0.15, 0.2) is 40.9 Å². The first-order chi connectivity index (χ1) is 19.0. The summed E-state index contributed by atoms with van der Waals surface area (Å²) >= 11 is 13.0. The zero-order chi connectivity index (χ0) is 28.3. The quantitative estimate of drug-likeness (QED) is 0.260. The summed E-state index contributed by atoms with van der Waals surface area (Å²) in [5.74, 6) is 0.504. The van der Waals surface area contributed by atoms with Gasteiger partial charge in [-0.1, -0.05) is 34.4 Å². The molecule has 2 saturated carbocycles. The molecule has 40 heavy (non-hydrogen) atoms. The summed E-state index contributed by atoms with van der Waals surface area (Å²) in [6.45, 7) is 7.84. The first-order valence-electron chi connectivity index (χ1n) is 13.9. The van der Waals surface area contributed by atoms with Crippen LogP contribution in [0.1, 0.15) is 81.0 Å². The van der Waals surface area contributed by atoms with E-state index < -0.39 is 17.4 Å². The summed E-state index contributed by atoms with van der Waals surface area (Å²) in [7, 11) is 0. The normalized spacial score (nSPS) is 24.1. The van der Waals surface area contributed by atoms with Crippen LogP contribution >= 0.6 is 23.2 Å². The minimum absolute atomic E-state index is 0.0249. The average molecular weight is 588 g/mol. The molecule has 2 bridgehead atoms. The van der Waals surface area contributed by atoms with E-state index in [1.165, 1.54) is 6.07 Å². The zero-order valence-corrected chi connectivity index (χ0v) is 24.6. The second kappa shape index (κ2) is 10.3. The van der Waals surface area contributed by atoms with Crippen LogP contribution in [0.4, 0.5) is 10.1 Å². The molecule has 3 aromatic rings. The van der Waals surface area contributed by atoms with E-state index in [0.29, 0.717) is 39.5 Å². The molecule has 1 aromatic heterocycles. The van der Waals surface area contributed by atoms with Crippen molar-refractivity contribution in [3.63, 3.8) is 0 Å². The standard InChI is InChI=1S/C31H33Cl2FN2O4/c1-16-20-13-19(36(16)25-11-10-18(12-24(25)34)30(37)39-31(2,3)4)14-26(20)38-15-21-28(35-40-29(21)17-8-9-17)27-22(32)6-5-7-23(27)33/h5-7,10-12,16-17,19-20,26H,8-9,13-15H2,1-4H3. The van der Waals surface area contributed by atoms with Gasteiger partial charge >= 0.3 is 5.97 Å². The minimum Gasteiger partial charge on any atom is -0.456 e. The number of hydrogen-bond acceptors (Lipinski definition) is 6. The van der Waals surface area contributed by atoms with Gasteiger partial charge in [-0.05, 0) is 83.7 Å². The van der Waals surface area contributed by atoms with E-state index in [2.05, 4.69) is 17.0 Å². The number of hydrogen-bond donors (Lipinski definition) is 0. The van der Waals surface area contributed by atoms with Crippen molar-refractivity contribution in [2.45, 2.75) is 89.7 Å². The molecule has 1 saturated heterocycles. The molecule has 212 valence electrons. The lowest BCUT2D eigenvalue weighted by molar-refractivity contribution is 0.00359. The Kier molecular flexibility index (Phi) is 7.12. The fraction of sp³-hybridized carbons (Fsp3) is 0.484. The molecule has 3 aliphatic rings. The maximum atomic E-state index is 15.3. The van der Waals surface area contributed by atoms with Gasteiger partial charge in [0.2, 0.25) is 0 Å². The maximum Gasteiger partial charge on any atom is 0.338 e. The summed E-state index contributed by atoms with van der Waals surface area (Å²) < 4.78 is 33.1. The molecule has 2 aliphatic carbocycles. The number of carbonyl (C=O) groups excluding carboxylic acids is 1. The SMILES string of the molecule is CC1C2CC(CC2OCc2c(-c3c(Cl)cccc3Cl)noc2C2CC2)N1c1ccc(C(=O)OC(C)(C)C)cc1F. The Hall–Kier alpha value is -2.61. The second-order valence-electron chi connectivity index (χ2n) is 12.2. The lowest BCUT2D eigenvalue weighted by Gasteiger charge is -2.39. The molecule has 0 N–H and O–H groups in total. The van der Waals surface area contributed by atoms with E-state index in [4.69, 9.17) is 37.2 Å². The van der Waals surface area contributed by atoms with Crippen molar-refractivity contribution in [1.82, 2.24) is 5.16 Å². The topological polar surface area (TPSA) is 64.8 Å². The molecular weight excluding hydrogens is 554 g/mol. The molecule has 6 nitrogen and oxygen atoms in total. The van der Waals surface area contributed by atoms with Crippen molar-refractivity contribution in [3.8, 4) is 11.3 Å². The number of benzene rings is 2. The molecule has 4 unspecified atom stereocenters. The summed E-state index contributed by atoms with van der Waals surface area (Å²) in [5, 5.41) is 5.41. The molecule has 2 aromatic carbocycles. The number of esters is 1.